The van der Waals surface area contributed by atoms with Crippen molar-refractivity contribution in [2.45, 2.75) is 45.8 Å². The van der Waals surface area contributed by atoms with E-state index in [4.69, 9.17) is 9.31 Å². The SMILES string of the molecule is Cc1cc2c(B3OC(C)(C)C(C)(C)O3)ccnc2n1S. The third kappa shape index (κ3) is 1.90. The fourth-order valence-electron chi connectivity index (χ4n) is 2.41. The Morgan fingerprint density at radius 2 is 1.80 bits per heavy atom. The largest absolute Gasteiger partial charge is 0.495 e. The van der Waals surface area contributed by atoms with Crippen LogP contribution in [0.1, 0.15) is 33.4 Å². The molecule has 106 valence electrons. The van der Waals surface area contributed by atoms with Crippen LogP contribution in [-0.4, -0.2) is 27.3 Å². The van der Waals surface area contributed by atoms with Gasteiger partial charge in [0.1, 0.15) is 5.65 Å². The van der Waals surface area contributed by atoms with E-state index in [9.17, 15) is 0 Å². The molecule has 2 aromatic rings. The summed E-state index contributed by atoms with van der Waals surface area (Å²) >= 11 is 4.45. The van der Waals surface area contributed by atoms with Gasteiger partial charge in [-0.05, 0) is 52.2 Å². The number of hydrogen-bond donors (Lipinski definition) is 1. The van der Waals surface area contributed by atoms with Crippen LogP contribution < -0.4 is 5.46 Å². The maximum absolute atomic E-state index is 6.12. The molecule has 0 bridgehead atoms. The number of pyridine rings is 1. The molecule has 2 aromatic heterocycles. The summed E-state index contributed by atoms with van der Waals surface area (Å²) in [6.07, 6.45) is 1.77. The van der Waals surface area contributed by atoms with E-state index in [0.717, 1.165) is 22.2 Å². The second-order valence-electron chi connectivity index (χ2n) is 6.32. The summed E-state index contributed by atoms with van der Waals surface area (Å²) in [6.45, 7) is 10.2. The average Bonchev–Trinajstić information content (AvgIpc) is 2.74. The second kappa shape index (κ2) is 4.26. The molecular formula is C14H19BN2O2S. The molecule has 0 N–H and O–H groups in total. The van der Waals surface area contributed by atoms with Crippen molar-refractivity contribution in [1.29, 1.82) is 0 Å². The van der Waals surface area contributed by atoms with Gasteiger partial charge in [-0.15, -0.1) is 0 Å². The van der Waals surface area contributed by atoms with Gasteiger partial charge in [-0.25, -0.2) is 4.98 Å². The van der Waals surface area contributed by atoms with Crippen molar-refractivity contribution < 1.29 is 9.31 Å². The number of aromatic nitrogens is 2. The molecule has 0 aromatic carbocycles. The van der Waals surface area contributed by atoms with Crippen molar-refractivity contribution in [2.75, 3.05) is 0 Å². The lowest BCUT2D eigenvalue weighted by Gasteiger charge is -2.32. The third-order valence-electron chi connectivity index (χ3n) is 4.40. The maximum Gasteiger partial charge on any atom is 0.495 e. The minimum atomic E-state index is -0.374. The van der Waals surface area contributed by atoms with Gasteiger partial charge < -0.3 is 9.31 Å². The van der Waals surface area contributed by atoms with Crippen LogP contribution in [0, 0.1) is 6.92 Å². The molecule has 0 unspecified atom stereocenters. The highest BCUT2D eigenvalue weighted by Crippen LogP contribution is 2.37. The molecule has 6 heteroatoms. The van der Waals surface area contributed by atoms with Crippen molar-refractivity contribution >= 4 is 36.4 Å². The topological polar surface area (TPSA) is 36.3 Å². The van der Waals surface area contributed by atoms with E-state index >= 15 is 0 Å². The molecule has 20 heavy (non-hydrogen) atoms. The Kier molecular flexibility index (Phi) is 2.98. The summed E-state index contributed by atoms with van der Waals surface area (Å²) in [6, 6.07) is 4.02. The van der Waals surface area contributed by atoms with Crippen LogP contribution in [0.4, 0.5) is 0 Å². The zero-order valence-electron chi connectivity index (χ0n) is 12.5. The highest BCUT2D eigenvalue weighted by Gasteiger charge is 2.52. The fourth-order valence-corrected chi connectivity index (χ4v) is 2.62. The van der Waals surface area contributed by atoms with E-state index in [0.29, 0.717) is 0 Å². The van der Waals surface area contributed by atoms with E-state index in [1.165, 1.54) is 0 Å². The summed E-state index contributed by atoms with van der Waals surface area (Å²) in [5.41, 5.74) is 2.19. The normalized spacial score (nSPS) is 20.8. The summed E-state index contributed by atoms with van der Waals surface area (Å²) in [5.74, 6) is 0. The first-order valence-corrected chi connectivity index (χ1v) is 7.15. The predicted octanol–water partition coefficient (Wildman–Crippen LogP) is 2.34. The predicted molar refractivity (Wildman–Crippen MR) is 84.6 cm³/mol. The number of aryl methyl sites for hydroxylation is 1. The molecule has 1 saturated heterocycles. The highest BCUT2D eigenvalue weighted by molar-refractivity contribution is 7.78. The monoisotopic (exact) mass is 290 g/mol. The Morgan fingerprint density at radius 1 is 1.20 bits per heavy atom. The molecule has 4 nitrogen and oxygen atoms in total. The van der Waals surface area contributed by atoms with Crippen LogP contribution in [0.3, 0.4) is 0 Å². The first-order chi connectivity index (χ1) is 9.23. The molecular weight excluding hydrogens is 271 g/mol. The average molecular weight is 290 g/mol. The molecule has 3 rings (SSSR count). The molecule has 0 atom stereocenters. The minimum absolute atomic E-state index is 0.341. The Morgan fingerprint density at radius 3 is 2.40 bits per heavy atom. The molecule has 0 radical (unpaired) electrons. The fraction of sp³-hybridized carbons (Fsp3) is 0.500. The Labute approximate surface area is 125 Å². The zero-order chi connectivity index (χ0) is 14.7. The van der Waals surface area contributed by atoms with Gasteiger partial charge in [0.15, 0.2) is 0 Å². The van der Waals surface area contributed by atoms with Gasteiger partial charge in [-0.2, -0.15) is 0 Å². The van der Waals surface area contributed by atoms with Crippen molar-refractivity contribution in [3.8, 4) is 0 Å². The molecule has 0 aliphatic carbocycles. The summed E-state index contributed by atoms with van der Waals surface area (Å²) in [4.78, 5) is 4.38. The maximum atomic E-state index is 6.12. The van der Waals surface area contributed by atoms with Crippen molar-refractivity contribution in [1.82, 2.24) is 8.96 Å². The number of fused-ring (bicyclic) bond motifs is 1. The molecule has 3 heterocycles. The minimum Gasteiger partial charge on any atom is -0.399 e. The van der Waals surface area contributed by atoms with E-state index in [2.05, 4.69) is 51.6 Å². The summed E-state index contributed by atoms with van der Waals surface area (Å²) in [5, 5.41) is 1.03. The van der Waals surface area contributed by atoms with E-state index in [1.807, 2.05) is 13.0 Å². The van der Waals surface area contributed by atoms with E-state index < -0.39 is 0 Å². The van der Waals surface area contributed by atoms with Crippen LogP contribution in [0.2, 0.25) is 0 Å². The zero-order valence-corrected chi connectivity index (χ0v) is 13.4. The number of hydrogen-bond acceptors (Lipinski definition) is 4. The molecule has 0 amide bonds. The third-order valence-corrected chi connectivity index (χ3v) is 4.90. The van der Waals surface area contributed by atoms with Crippen LogP contribution in [-0.2, 0) is 9.31 Å². The van der Waals surface area contributed by atoms with Crippen LogP contribution in [0.15, 0.2) is 18.3 Å². The first-order valence-electron chi connectivity index (χ1n) is 6.75. The summed E-state index contributed by atoms with van der Waals surface area (Å²) < 4.78 is 14.0. The highest BCUT2D eigenvalue weighted by atomic mass is 32.1. The first kappa shape index (κ1) is 14.0. The summed E-state index contributed by atoms with van der Waals surface area (Å²) in [7, 11) is -0.374. The molecule has 0 saturated carbocycles. The quantitative estimate of drug-likeness (QED) is 0.647. The van der Waals surface area contributed by atoms with Gasteiger partial charge in [-0.3, -0.25) is 3.97 Å². The number of rotatable bonds is 1. The van der Waals surface area contributed by atoms with Crippen molar-refractivity contribution in [2.24, 2.45) is 0 Å². The Balaban J connectivity index is 2.11. The van der Waals surface area contributed by atoms with E-state index in [1.54, 1.807) is 10.2 Å². The van der Waals surface area contributed by atoms with Gasteiger partial charge in [0.05, 0.1) is 11.2 Å². The van der Waals surface area contributed by atoms with Crippen LogP contribution >= 0.6 is 12.8 Å². The Hall–Kier alpha value is -0.975. The van der Waals surface area contributed by atoms with E-state index in [-0.39, 0.29) is 18.3 Å². The van der Waals surface area contributed by atoms with Crippen LogP contribution in [0.5, 0.6) is 0 Å². The Bertz CT molecular complexity index is 665. The molecule has 1 aliphatic heterocycles. The number of nitrogens with zero attached hydrogens (tertiary/aromatic N) is 2. The molecule has 1 fully saturated rings. The number of thiol groups is 1. The lowest BCUT2D eigenvalue weighted by Crippen LogP contribution is -2.41. The van der Waals surface area contributed by atoms with Gasteiger partial charge in [0.25, 0.3) is 0 Å². The van der Waals surface area contributed by atoms with Crippen molar-refractivity contribution in [3.63, 3.8) is 0 Å². The lowest BCUT2D eigenvalue weighted by atomic mass is 9.78. The second-order valence-corrected chi connectivity index (χ2v) is 6.72. The molecule has 0 spiro atoms. The smallest absolute Gasteiger partial charge is 0.399 e. The van der Waals surface area contributed by atoms with Gasteiger partial charge >= 0.3 is 7.12 Å². The van der Waals surface area contributed by atoms with Gasteiger partial charge in [-0.1, -0.05) is 12.8 Å². The van der Waals surface area contributed by atoms with Crippen molar-refractivity contribution in [3.05, 3.63) is 24.0 Å². The molecule has 1 aliphatic rings. The van der Waals surface area contributed by atoms with Gasteiger partial charge in [0, 0.05) is 17.3 Å². The standard InChI is InChI=1S/C14H19BN2O2S/c1-9-8-10-11(6-7-16-12(10)17(9)20)15-18-13(2,3)14(4,5)19-15/h6-8,20H,1-5H3. The van der Waals surface area contributed by atoms with Crippen LogP contribution in [0.25, 0.3) is 11.0 Å². The van der Waals surface area contributed by atoms with Gasteiger partial charge in [0.2, 0.25) is 0 Å². The lowest BCUT2D eigenvalue weighted by molar-refractivity contribution is 0.00578.